The molecule has 124 valence electrons. The van der Waals surface area contributed by atoms with Crippen molar-refractivity contribution in [1.82, 2.24) is 35.4 Å². The molecule has 2 heterocycles. The fraction of sp³-hybridized carbons (Fsp3) is 0.333. The Morgan fingerprint density at radius 1 is 1.29 bits per heavy atom. The minimum atomic E-state index is -0.594. The van der Waals surface area contributed by atoms with Crippen LogP contribution < -0.4 is 5.32 Å². The third-order valence-corrected chi connectivity index (χ3v) is 3.54. The molecule has 1 aromatic carbocycles. The zero-order valence-corrected chi connectivity index (χ0v) is 13.4. The van der Waals surface area contributed by atoms with Crippen LogP contribution >= 0.6 is 0 Å². The van der Waals surface area contributed by atoms with E-state index in [0.717, 1.165) is 5.56 Å². The lowest BCUT2D eigenvalue weighted by molar-refractivity contribution is -0.119. The van der Waals surface area contributed by atoms with Gasteiger partial charge in [0.1, 0.15) is 18.2 Å². The quantitative estimate of drug-likeness (QED) is 0.706. The van der Waals surface area contributed by atoms with Crippen LogP contribution in [-0.4, -0.2) is 41.3 Å². The number of benzene rings is 1. The van der Waals surface area contributed by atoms with Crippen LogP contribution in [0.2, 0.25) is 0 Å². The van der Waals surface area contributed by atoms with Crippen molar-refractivity contribution in [2.75, 3.05) is 5.32 Å². The lowest BCUT2D eigenvalue weighted by atomic mass is 10.1. The van der Waals surface area contributed by atoms with Crippen LogP contribution in [0.3, 0.4) is 0 Å². The minimum absolute atomic E-state index is 0.197. The number of anilines is 1. The molecule has 0 saturated carbocycles. The van der Waals surface area contributed by atoms with Crippen molar-refractivity contribution >= 4 is 11.9 Å². The number of rotatable bonds is 6. The summed E-state index contributed by atoms with van der Waals surface area (Å²) in [5, 5.41) is 20.6. The number of nitrogens with zero attached hydrogens (tertiary/aromatic N) is 6. The molecule has 2 aromatic heterocycles. The monoisotopic (exact) mass is 326 g/mol. The molecule has 3 aromatic rings. The average Bonchev–Trinajstić information content (AvgIpc) is 3.25. The van der Waals surface area contributed by atoms with Crippen LogP contribution in [0.4, 0.5) is 5.95 Å². The van der Waals surface area contributed by atoms with E-state index < -0.39 is 6.04 Å². The van der Waals surface area contributed by atoms with Gasteiger partial charge in [-0.25, -0.2) is 4.68 Å². The fourth-order valence-corrected chi connectivity index (χ4v) is 2.24. The van der Waals surface area contributed by atoms with E-state index in [1.807, 2.05) is 44.2 Å². The van der Waals surface area contributed by atoms with Crippen LogP contribution in [0, 0.1) is 0 Å². The van der Waals surface area contributed by atoms with E-state index in [4.69, 9.17) is 0 Å². The Hall–Kier alpha value is -3.10. The summed E-state index contributed by atoms with van der Waals surface area (Å²) in [6, 6.07) is 9.09. The van der Waals surface area contributed by atoms with E-state index in [-0.39, 0.29) is 17.8 Å². The van der Waals surface area contributed by atoms with Crippen LogP contribution in [0.25, 0.3) is 0 Å². The molecule has 1 atom stereocenters. The molecule has 3 rings (SSSR count). The van der Waals surface area contributed by atoms with E-state index in [0.29, 0.717) is 12.2 Å². The van der Waals surface area contributed by atoms with Crippen molar-refractivity contribution in [1.29, 1.82) is 0 Å². The van der Waals surface area contributed by atoms with Crippen molar-refractivity contribution in [2.24, 2.45) is 0 Å². The molecule has 0 aliphatic rings. The van der Waals surface area contributed by atoms with E-state index in [2.05, 4.69) is 36.0 Å². The lowest BCUT2D eigenvalue weighted by Crippen LogP contribution is -2.28. The molecule has 0 bridgehead atoms. The molecule has 24 heavy (non-hydrogen) atoms. The van der Waals surface area contributed by atoms with E-state index in [1.54, 1.807) is 0 Å². The molecular weight excluding hydrogens is 308 g/mol. The third kappa shape index (κ3) is 3.62. The van der Waals surface area contributed by atoms with Gasteiger partial charge in [-0.1, -0.05) is 44.2 Å². The molecular formula is C15H18N8O. The number of hydrogen-bond donors (Lipinski definition) is 2. The molecule has 2 N–H and O–H groups in total. The molecule has 0 unspecified atom stereocenters. The summed E-state index contributed by atoms with van der Waals surface area (Å²) in [7, 11) is 0. The molecule has 0 fully saturated rings. The largest absolute Gasteiger partial charge is 0.291 e. The summed E-state index contributed by atoms with van der Waals surface area (Å²) in [6.45, 7) is 3.98. The summed E-state index contributed by atoms with van der Waals surface area (Å²) in [5.41, 5.74) is 1.01. The maximum atomic E-state index is 12.7. The van der Waals surface area contributed by atoms with Gasteiger partial charge in [0.15, 0.2) is 0 Å². The topological polar surface area (TPSA) is 114 Å². The standard InChI is InChI=1S/C15H18N8O/c1-10(2)13-17-15(20-19-13)18-14(24)12(23-9-16-21-22-23)8-11-6-4-3-5-7-11/h3-7,9-10,12H,8H2,1-2H3,(H2,17,18,19,20,24)/t12-/m0/s1. The van der Waals surface area contributed by atoms with Crippen molar-refractivity contribution in [3.63, 3.8) is 0 Å². The van der Waals surface area contributed by atoms with Gasteiger partial charge < -0.3 is 0 Å². The highest BCUT2D eigenvalue weighted by molar-refractivity contribution is 5.92. The summed E-state index contributed by atoms with van der Waals surface area (Å²) in [4.78, 5) is 16.9. The lowest BCUT2D eigenvalue weighted by Gasteiger charge is -2.15. The average molecular weight is 326 g/mol. The van der Waals surface area contributed by atoms with Crippen molar-refractivity contribution < 1.29 is 4.79 Å². The second-order valence-corrected chi connectivity index (χ2v) is 5.68. The van der Waals surface area contributed by atoms with Crippen LogP contribution in [0.1, 0.15) is 37.2 Å². The van der Waals surface area contributed by atoms with Crippen molar-refractivity contribution in [2.45, 2.75) is 32.2 Å². The highest BCUT2D eigenvalue weighted by Crippen LogP contribution is 2.16. The smallest absolute Gasteiger partial charge is 0.252 e. The van der Waals surface area contributed by atoms with Gasteiger partial charge in [0.2, 0.25) is 5.95 Å². The molecule has 0 spiro atoms. The molecule has 9 heteroatoms. The third-order valence-electron chi connectivity index (χ3n) is 3.54. The molecule has 0 aliphatic heterocycles. The minimum Gasteiger partial charge on any atom is -0.291 e. The predicted octanol–water partition coefficient (Wildman–Crippen LogP) is 1.34. The van der Waals surface area contributed by atoms with Crippen molar-refractivity contribution in [3.05, 3.63) is 48.0 Å². The van der Waals surface area contributed by atoms with Gasteiger partial charge in [-0.3, -0.25) is 15.2 Å². The molecule has 0 radical (unpaired) electrons. The Labute approximate surface area is 138 Å². The number of aromatic nitrogens is 7. The maximum Gasteiger partial charge on any atom is 0.252 e. The Bertz CT molecular complexity index is 781. The number of nitrogens with one attached hydrogen (secondary N) is 2. The van der Waals surface area contributed by atoms with Gasteiger partial charge in [0.05, 0.1) is 0 Å². The number of carbonyl (C=O) groups excluding carboxylic acids is 1. The second kappa shape index (κ2) is 6.99. The normalized spacial score (nSPS) is 12.3. The Morgan fingerprint density at radius 3 is 2.71 bits per heavy atom. The highest BCUT2D eigenvalue weighted by atomic mass is 16.2. The van der Waals surface area contributed by atoms with Crippen LogP contribution in [0.15, 0.2) is 36.7 Å². The number of H-pyrrole nitrogens is 1. The first-order valence-corrected chi connectivity index (χ1v) is 7.63. The second-order valence-electron chi connectivity index (χ2n) is 5.68. The SMILES string of the molecule is CC(C)c1nc(NC(=O)[C@H](Cc2ccccc2)n2cnnn2)n[nH]1. The van der Waals surface area contributed by atoms with E-state index in [1.165, 1.54) is 11.0 Å². The first kappa shape index (κ1) is 15.8. The molecule has 0 aliphatic carbocycles. The summed E-state index contributed by atoms with van der Waals surface area (Å²) in [6.07, 6.45) is 1.88. The number of tetrazole rings is 1. The van der Waals surface area contributed by atoms with Gasteiger partial charge in [0, 0.05) is 12.3 Å². The Kier molecular flexibility index (Phi) is 4.59. The van der Waals surface area contributed by atoms with E-state index in [9.17, 15) is 4.79 Å². The van der Waals surface area contributed by atoms with E-state index >= 15 is 0 Å². The molecule has 1 amide bonds. The first-order valence-electron chi connectivity index (χ1n) is 7.63. The van der Waals surface area contributed by atoms with Gasteiger partial charge in [-0.2, -0.15) is 4.98 Å². The maximum absolute atomic E-state index is 12.7. The Balaban J connectivity index is 1.78. The zero-order chi connectivity index (χ0) is 16.9. The van der Waals surface area contributed by atoms with Crippen LogP contribution in [-0.2, 0) is 11.2 Å². The molecule has 9 nitrogen and oxygen atoms in total. The highest BCUT2D eigenvalue weighted by Gasteiger charge is 2.23. The fourth-order valence-electron chi connectivity index (χ4n) is 2.24. The van der Waals surface area contributed by atoms with Gasteiger partial charge in [-0.15, -0.1) is 10.2 Å². The van der Waals surface area contributed by atoms with Gasteiger partial charge in [-0.05, 0) is 16.0 Å². The molecule has 0 saturated heterocycles. The van der Waals surface area contributed by atoms with Crippen LogP contribution in [0.5, 0.6) is 0 Å². The van der Waals surface area contributed by atoms with Gasteiger partial charge in [0.25, 0.3) is 5.91 Å². The number of carbonyl (C=O) groups is 1. The zero-order valence-electron chi connectivity index (χ0n) is 13.4. The number of hydrogen-bond acceptors (Lipinski definition) is 6. The first-order chi connectivity index (χ1) is 11.6. The summed E-state index contributed by atoms with van der Waals surface area (Å²) in [5.74, 6) is 0.880. The van der Waals surface area contributed by atoms with Gasteiger partial charge >= 0.3 is 0 Å². The number of aromatic amines is 1. The summed E-state index contributed by atoms with van der Waals surface area (Å²) >= 11 is 0. The predicted molar refractivity (Wildman–Crippen MR) is 86.1 cm³/mol. The summed E-state index contributed by atoms with van der Waals surface area (Å²) < 4.78 is 1.43. The Morgan fingerprint density at radius 2 is 2.08 bits per heavy atom. The van der Waals surface area contributed by atoms with Crippen molar-refractivity contribution in [3.8, 4) is 0 Å². The number of amides is 1.